The third-order valence-electron chi connectivity index (χ3n) is 6.49. The molecule has 36 heavy (non-hydrogen) atoms. The van der Waals surface area contributed by atoms with Crippen LogP contribution >= 0.6 is 0 Å². The molecular formula is C32H25N3O. The second-order valence-electron chi connectivity index (χ2n) is 8.97. The summed E-state index contributed by atoms with van der Waals surface area (Å²) in [5, 5.41) is 0. The van der Waals surface area contributed by atoms with Crippen LogP contribution in [0.5, 0.6) is 0 Å². The van der Waals surface area contributed by atoms with Crippen molar-refractivity contribution in [1.29, 1.82) is 0 Å². The number of aromatic amines is 1. The Kier molecular flexibility index (Phi) is 5.76. The van der Waals surface area contributed by atoms with Crippen molar-refractivity contribution < 1.29 is 0 Å². The Hall–Kier alpha value is -4.70. The number of aromatic nitrogens is 3. The van der Waals surface area contributed by atoms with E-state index in [1.807, 2.05) is 72.9 Å². The summed E-state index contributed by atoms with van der Waals surface area (Å²) in [6.45, 7) is 0. The number of imidazole rings is 1. The van der Waals surface area contributed by atoms with Crippen LogP contribution in [0.4, 0.5) is 0 Å². The topological polar surface area (TPSA) is 50.7 Å². The Balaban J connectivity index is 1.39. The van der Waals surface area contributed by atoms with Gasteiger partial charge < -0.3 is 4.98 Å². The molecule has 4 aromatic carbocycles. The number of hydrogen-bond donors (Lipinski definition) is 1. The Labute approximate surface area is 209 Å². The summed E-state index contributed by atoms with van der Waals surface area (Å²) in [7, 11) is 0. The van der Waals surface area contributed by atoms with Gasteiger partial charge in [0.25, 0.3) is 5.56 Å². The number of hydrogen-bond acceptors (Lipinski definition) is 2. The first-order valence-corrected chi connectivity index (χ1v) is 12.1. The number of H-pyrrole nitrogens is 1. The molecule has 0 bridgehead atoms. The van der Waals surface area contributed by atoms with E-state index in [-0.39, 0.29) is 5.56 Å². The first kappa shape index (κ1) is 21.8. The van der Waals surface area contributed by atoms with Crippen LogP contribution < -0.4 is 5.56 Å². The predicted octanol–water partition coefficient (Wildman–Crippen LogP) is 6.51. The van der Waals surface area contributed by atoms with E-state index >= 15 is 0 Å². The Morgan fingerprint density at radius 1 is 0.611 bits per heavy atom. The van der Waals surface area contributed by atoms with Gasteiger partial charge in [0.2, 0.25) is 0 Å². The first-order valence-electron chi connectivity index (χ1n) is 12.1. The first-order chi connectivity index (χ1) is 17.7. The van der Waals surface area contributed by atoms with Crippen molar-refractivity contribution in [3.8, 4) is 28.2 Å². The van der Waals surface area contributed by atoms with E-state index in [2.05, 4.69) is 53.5 Å². The van der Waals surface area contributed by atoms with Crippen LogP contribution in [0.3, 0.4) is 0 Å². The molecular weight excluding hydrogens is 442 g/mol. The molecule has 0 aromatic heterocycles. The lowest BCUT2D eigenvalue weighted by atomic mass is 10.0. The molecule has 0 unspecified atom stereocenters. The quantitative estimate of drug-likeness (QED) is 0.303. The second-order valence-corrected chi connectivity index (χ2v) is 8.97. The number of nitrogens with zero attached hydrogens (tertiary/aromatic N) is 2. The minimum Gasteiger partial charge on any atom is -0.354 e. The van der Waals surface area contributed by atoms with Crippen LogP contribution in [-0.2, 0) is 12.8 Å². The van der Waals surface area contributed by atoms with Crippen LogP contribution in [0.25, 0.3) is 28.2 Å². The van der Waals surface area contributed by atoms with Crippen molar-refractivity contribution >= 4 is 0 Å². The summed E-state index contributed by atoms with van der Waals surface area (Å²) in [5.41, 5.74) is 7.88. The van der Waals surface area contributed by atoms with Gasteiger partial charge in [0.15, 0.2) is 5.82 Å². The molecule has 4 nitrogen and oxygen atoms in total. The normalized spacial score (nSPS) is 11.1. The predicted molar refractivity (Wildman–Crippen MR) is 145 cm³/mol. The van der Waals surface area contributed by atoms with Gasteiger partial charge in [-0.25, -0.2) is 4.98 Å². The van der Waals surface area contributed by atoms with Gasteiger partial charge >= 0.3 is 0 Å². The lowest BCUT2D eigenvalue weighted by molar-refractivity contribution is 0.914. The highest BCUT2D eigenvalue weighted by molar-refractivity contribution is 5.63. The third kappa shape index (κ3) is 4.37. The lowest BCUT2D eigenvalue weighted by Crippen LogP contribution is -2.17. The summed E-state index contributed by atoms with van der Waals surface area (Å²) >= 11 is 0. The maximum Gasteiger partial charge on any atom is 0.278 e. The molecule has 0 saturated heterocycles. The highest BCUT2D eigenvalue weighted by Gasteiger charge is 2.20. The highest BCUT2D eigenvalue weighted by Crippen LogP contribution is 2.24. The van der Waals surface area contributed by atoms with E-state index in [0.29, 0.717) is 24.4 Å². The van der Waals surface area contributed by atoms with Gasteiger partial charge in [-0.2, -0.15) is 0 Å². The number of nitrogens with one attached hydrogen (secondary N) is 1. The van der Waals surface area contributed by atoms with E-state index in [0.717, 1.165) is 33.6 Å². The van der Waals surface area contributed by atoms with Gasteiger partial charge in [-0.1, -0.05) is 115 Å². The van der Waals surface area contributed by atoms with Crippen LogP contribution in [0, 0.1) is 0 Å². The molecule has 0 amide bonds. The lowest BCUT2D eigenvalue weighted by Gasteiger charge is -2.13. The summed E-state index contributed by atoms with van der Waals surface area (Å²) in [4.78, 5) is 21.9. The van der Waals surface area contributed by atoms with Gasteiger partial charge in [0, 0.05) is 19.0 Å². The fraction of sp³-hybridized carbons (Fsp3) is 0.0625. The molecule has 174 valence electrons. The Morgan fingerprint density at radius 3 is 1.83 bits per heavy atom. The average molecular weight is 468 g/mol. The SMILES string of the molecule is O=c1c(Cc2ccc(-c3ccccc3)cc2)nc2c(Cc3ccccc3)[nH]c(-c3ccccc3)cn1-2. The fourth-order valence-electron chi connectivity index (χ4n) is 4.62. The molecule has 0 spiro atoms. The molecule has 4 aromatic rings. The molecule has 2 aliphatic heterocycles. The zero-order valence-electron chi connectivity index (χ0n) is 19.8. The number of fused-ring (bicyclic) bond motifs is 1. The Bertz CT molecular complexity index is 1620. The van der Waals surface area contributed by atoms with Gasteiger partial charge in [0.1, 0.15) is 5.69 Å². The molecule has 4 heteroatoms. The van der Waals surface area contributed by atoms with Gasteiger partial charge in [-0.15, -0.1) is 0 Å². The maximum atomic E-state index is 13.5. The van der Waals surface area contributed by atoms with Gasteiger partial charge in [0.05, 0.1) is 11.4 Å². The summed E-state index contributed by atoms with van der Waals surface area (Å²) in [6.07, 6.45) is 3.02. The standard InChI is InChI=1S/C32H25N3O/c36-32-29(21-24-16-18-26(19-17-24)25-12-6-2-7-13-25)34-31-28(20-23-10-4-1-5-11-23)33-30(22-35(31)32)27-14-8-3-9-15-27/h1-19,22,33H,20-21H2. The number of rotatable bonds is 6. The fourth-order valence-corrected chi connectivity index (χ4v) is 4.62. The van der Waals surface area contributed by atoms with Crippen LogP contribution in [0.1, 0.15) is 22.5 Å². The summed E-state index contributed by atoms with van der Waals surface area (Å²) < 4.78 is 1.70. The summed E-state index contributed by atoms with van der Waals surface area (Å²) in [6, 6.07) is 39.0. The largest absolute Gasteiger partial charge is 0.354 e. The number of benzene rings is 4. The third-order valence-corrected chi connectivity index (χ3v) is 6.49. The molecule has 0 radical (unpaired) electrons. The van der Waals surface area contributed by atoms with Crippen molar-refractivity contribution in [2.75, 3.05) is 0 Å². The molecule has 1 N–H and O–H groups in total. The molecule has 2 aliphatic rings. The second kappa shape index (κ2) is 9.51. The summed E-state index contributed by atoms with van der Waals surface area (Å²) in [5.74, 6) is 0.680. The van der Waals surface area contributed by atoms with E-state index in [9.17, 15) is 4.79 Å². The molecule has 0 aliphatic carbocycles. The molecule has 6 rings (SSSR count). The minimum absolute atomic E-state index is 0.0716. The van der Waals surface area contributed by atoms with Crippen LogP contribution in [-0.4, -0.2) is 14.5 Å². The average Bonchev–Trinajstić information content (AvgIpc) is 3.26. The minimum atomic E-state index is -0.0716. The van der Waals surface area contributed by atoms with Crippen molar-refractivity contribution in [3.05, 3.63) is 154 Å². The van der Waals surface area contributed by atoms with Crippen LogP contribution in [0.15, 0.2) is 126 Å². The Morgan fingerprint density at radius 2 is 1.17 bits per heavy atom. The van der Waals surface area contributed by atoms with Crippen molar-refractivity contribution in [2.45, 2.75) is 12.8 Å². The van der Waals surface area contributed by atoms with Crippen LogP contribution in [0.2, 0.25) is 0 Å². The molecule has 0 saturated carbocycles. The van der Waals surface area contributed by atoms with E-state index < -0.39 is 0 Å². The van der Waals surface area contributed by atoms with E-state index in [4.69, 9.17) is 4.98 Å². The van der Waals surface area contributed by atoms with E-state index in [1.165, 1.54) is 5.56 Å². The zero-order chi connectivity index (χ0) is 24.3. The van der Waals surface area contributed by atoms with Gasteiger partial charge in [-0.3, -0.25) is 9.36 Å². The van der Waals surface area contributed by atoms with Crippen molar-refractivity contribution in [1.82, 2.24) is 14.5 Å². The maximum absolute atomic E-state index is 13.5. The molecule has 0 fully saturated rings. The highest BCUT2D eigenvalue weighted by atomic mass is 16.1. The molecule has 0 atom stereocenters. The van der Waals surface area contributed by atoms with E-state index in [1.54, 1.807) is 4.57 Å². The zero-order valence-corrected chi connectivity index (χ0v) is 19.8. The van der Waals surface area contributed by atoms with Gasteiger partial charge in [-0.05, 0) is 27.8 Å². The van der Waals surface area contributed by atoms with Crippen molar-refractivity contribution in [3.63, 3.8) is 0 Å². The smallest absolute Gasteiger partial charge is 0.278 e. The monoisotopic (exact) mass is 467 g/mol. The molecule has 2 heterocycles. The van der Waals surface area contributed by atoms with Crippen molar-refractivity contribution in [2.24, 2.45) is 0 Å².